The Morgan fingerprint density at radius 1 is 1.25 bits per heavy atom. The van der Waals surface area contributed by atoms with Gasteiger partial charge >= 0.3 is 0 Å². The van der Waals surface area contributed by atoms with E-state index in [1.165, 1.54) is 17.2 Å². The fraction of sp³-hybridized carbons (Fsp3) is 0.500. The van der Waals surface area contributed by atoms with Gasteiger partial charge in [-0.1, -0.05) is 6.07 Å². The Morgan fingerprint density at radius 3 is 2.50 bits per heavy atom. The van der Waals surface area contributed by atoms with Crippen molar-refractivity contribution in [1.82, 2.24) is 4.98 Å². The molecular formula is C10H16NS+. The van der Waals surface area contributed by atoms with Gasteiger partial charge in [0.1, 0.15) is 17.3 Å². The predicted octanol–water partition coefficient (Wildman–Crippen LogP) is 2.24. The normalized spacial score (nSPS) is 10.6. The highest BCUT2D eigenvalue weighted by molar-refractivity contribution is 7.96. The van der Waals surface area contributed by atoms with Crippen LogP contribution in [-0.2, 0) is 16.6 Å². The molecule has 0 aromatic carbocycles. The van der Waals surface area contributed by atoms with Gasteiger partial charge in [0.25, 0.3) is 0 Å². The molecule has 1 nitrogen and oxygen atoms in total. The van der Waals surface area contributed by atoms with Crippen molar-refractivity contribution in [3.8, 4) is 0 Å². The molecule has 1 rings (SSSR count). The number of rotatable bonds is 4. The fourth-order valence-electron chi connectivity index (χ4n) is 1.10. The molecule has 12 heavy (non-hydrogen) atoms. The molecule has 0 radical (unpaired) electrons. The number of hydrogen-bond donors (Lipinski definition) is 0. The van der Waals surface area contributed by atoms with Gasteiger partial charge in [-0.05, 0) is 36.9 Å². The summed E-state index contributed by atoms with van der Waals surface area (Å²) < 4.78 is 0. The standard InChI is InChI=1S/C10H16NS/c1-3-12(4-2)9-10-7-5-6-8-11-10/h5-8H,3-4,9H2,1-2H3/q+1. The minimum Gasteiger partial charge on any atom is -0.256 e. The SMILES string of the molecule is CC[S+](CC)Cc1ccccn1. The van der Waals surface area contributed by atoms with Crippen LogP contribution in [0.2, 0.25) is 0 Å². The number of pyridine rings is 1. The number of hydrogen-bond acceptors (Lipinski definition) is 1. The summed E-state index contributed by atoms with van der Waals surface area (Å²) in [7, 11) is 0.548. The van der Waals surface area contributed by atoms with Gasteiger partial charge in [0.2, 0.25) is 0 Å². The lowest BCUT2D eigenvalue weighted by atomic mass is 10.4. The first kappa shape index (κ1) is 9.59. The summed E-state index contributed by atoms with van der Waals surface area (Å²) in [5, 5.41) is 0. The summed E-state index contributed by atoms with van der Waals surface area (Å²) in [5.41, 5.74) is 1.24. The molecule has 1 aromatic heterocycles. The molecule has 0 aliphatic carbocycles. The van der Waals surface area contributed by atoms with Gasteiger partial charge in [-0.15, -0.1) is 0 Å². The van der Waals surface area contributed by atoms with Crippen molar-refractivity contribution >= 4 is 10.9 Å². The Kier molecular flexibility index (Phi) is 4.15. The van der Waals surface area contributed by atoms with E-state index in [4.69, 9.17) is 0 Å². The minimum atomic E-state index is 0.548. The summed E-state index contributed by atoms with van der Waals surface area (Å²) >= 11 is 0. The molecule has 66 valence electrons. The van der Waals surface area contributed by atoms with Crippen LogP contribution in [0.5, 0.6) is 0 Å². The average Bonchev–Trinajstić information content (AvgIpc) is 2.16. The molecule has 1 aromatic rings. The highest BCUT2D eigenvalue weighted by atomic mass is 32.2. The van der Waals surface area contributed by atoms with Crippen LogP contribution in [0, 0.1) is 0 Å². The highest BCUT2D eigenvalue weighted by Crippen LogP contribution is 2.05. The van der Waals surface area contributed by atoms with Gasteiger partial charge in [0.05, 0.1) is 5.69 Å². The molecule has 0 saturated heterocycles. The molecule has 2 heteroatoms. The Bertz CT molecular complexity index is 206. The molecular weight excluding hydrogens is 166 g/mol. The third-order valence-electron chi connectivity index (χ3n) is 1.89. The van der Waals surface area contributed by atoms with E-state index in [0.29, 0.717) is 10.9 Å². The second kappa shape index (κ2) is 5.20. The van der Waals surface area contributed by atoms with Crippen LogP contribution in [0.15, 0.2) is 24.4 Å². The van der Waals surface area contributed by atoms with E-state index in [0.717, 1.165) is 5.75 Å². The molecule has 0 amide bonds. The molecule has 0 fully saturated rings. The Labute approximate surface area is 77.6 Å². The minimum absolute atomic E-state index is 0.548. The van der Waals surface area contributed by atoms with Crippen LogP contribution in [0.3, 0.4) is 0 Å². The molecule has 0 saturated carbocycles. The van der Waals surface area contributed by atoms with Gasteiger partial charge in [0, 0.05) is 6.20 Å². The Hall–Kier alpha value is -0.500. The van der Waals surface area contributed by atoms with Crippen LogP contribution >= 0.6 is 0 Å². The number of aromatic nitrogens is 1. The van der Waals surface area contributed by atoms with Crippen LogP contribution in [0.1, 0.15) is 19.5 Å². The summed E-state index contributed by atoms with van der Waals surface area (Å²) in [4.78, 5) is 4.32. The molecule has 0 spiro atoms. The molecule has 0 unspecified atom stereocenters. The first-order valence-corrected chi connectivity index (χ1v) is 6.14. The summed E-state index contributed by atoms with van der Waals surface area (Å²) in [6.45, 7) is 4.52. The lowest BCUT2D eigenvalue weighted by molar-refractivity contribution is 1.16. The van der Waals surface area contributed by atoms with Crippen molar-refractivity contribution in [1.29, 1.82) is 0 Å². The van der Waals surface area contributed by atoms with Crippen molar-refractivity contribution in [2.24, 2.45) is 0 Å². The predicted molar refractivity (Wildman–Crippen MR) is 56.4 cm³/mol. The van der Waals surface area contributed by atoms with E-state index >= 15 is 0 Å². The largest absolute Gasteiger partial charge is 0.256 e. The third kappa shape index (κ3) is 2.86. The maximum atomic E-state index is 4.32. The monoisotopic (exact) mass is 182 g/mol. The highest BCUT2D eigenvalue weighted by Gasteiger charge is 2.13. The maximum Gasteiger partial charge on any atom is 0.150 e. The first-order valence-electron chi connectivity index (χ1n) is 4.40. The zero-order valence-corrected chi connectivity index (χ0v) is 8.60. The second-order valence-corrected chi connectivity index (χ2v) is 5.32. The summed E-state index contributed by atoms with van der Waals surface area (Å²) in [6, 6.07) is 6.15. The average molecular weight is 182 g/mol. The van der Waals surface area contributed by atoms with Gasteiger partial charge in [-0.25, -0.2) is 0 Å². The Morgan fingerprint density at radius 2 is 2.00 bits per heavy atom. The van der Waals surface area contributed by atoms with Crippen molar-refractivity contribution in [2.75, 3.05) is 11.5 Å². The number of nitrogens with zero attached hydrogens (tertiary/aromatic N) is 1. The summed E-state index contributed by atoms with van der Waals surface area (Å²) in [5.74, 6) is 3.73. The molecule has 0 bridgehead atoms. The Balaban J connectivity index is 2.51. The van der Waals surface area contributed by atoms with Crippen molar-refractivity contribution in [2.45, 2.75) is 19.6 Å². The quantitative estimate of drug-likeness (QED) is 0.651. The molecule has 0 aliphatic rings. The van der Waals surface area contributed by atoms with Crippen molar-refractivity contribution in [3.63, 3.8) is 0 Å². The lowest BCUT2D eigenvalue weighted by Crippen LogP contribution is -2.11. The molecule has 0 N–H and O–H groups in total. The van der Waals surface area contributed by atoms with Crippen molar-refractivity contribution < 1.29 is 0 Å². The smallest absolute Gasteiger partial charge is 0.150 e. The van der Waals surface area contributed by atoms with E-state index in [1.54, 1.807) is 0 Å². The zero-order chi connectivity index (χ0) is 8.81. The van der Waals surface area contributed by atoms with Gasteiger partial charge in [0.15, 0.2) is 0 Å². The van der Waals surface area contributed by atoms with Crippen LogP contribution < -0.4 is 0 Å². The third-order valence-corrected chi connectivity index (χ3v) is 4.23. The molecule has 1 heterocycles. The van der Waals surface area contributed by atoms with E-state index in [2.05, 4.69) is 31.0 Å². The van der Waals surface area contributed by atoms with Gasteiger partial charge in [-0.3, -0.25) is 4.98 Å². The van der Waals surface area contributed by atoms with E-state index in [-0.39, 0.29) is 0 Å². The lowest BCUT2D eigenvalue weighted by Gasteiger charge is -2.02. The van der Waals surface area contributed by atoms with Crippen molar-refractivity contribution in [3.05, 3.63) is 30.1 Å². The summed E-state index contributed by atoms with van der Waals surface area (Å²) in [6.07, 6.45) is 1.88. The fourth-order valence-corrected chi connectivity index (χ4v) is 2.51. The first-order chi connectivity index (χ1) is 5.86. The van der Waals surface area contributed by atoms with E-state index in [1.807, 2.05) is 12.3 Å². The topological polar surface area (TPSA) is 12.9 Å². The van der Waals surface area contributed by atoms with Crippen LogP contribution in [0.25, 0.3) is 0 Å². The second-order valence-electron chi connectivity index (χ2n) is 2.66. The maximum absolute atomic E-state index is 4.32. The van der Waals surface area contributed by atoms with Crippen LogP contribution in [-0.4, -0.2) is 16.5 Å². The van der Waals surface area contributed by atoms with E-state index in [9.17, 15) is 0 Å². The van der Waals surface area contributed by atoms with E-state index < -0.39 is 0 Å². The van der Waals surface area contributed by atoms with Gasteiger partial charge < -0.3 is 0 Å². The molecule has 0 aliphatic heterocycles. The zero-order valence-electron chi connectivity index (χ0n) is 7.79. The molecule has 0 atom stereocenters. The van der Waals surface area contributed by atoms with Crippen LogP contribution in [0.4, 0.5) is 0 Å². The van der Waals surface area contributed by atoms with Gasteiger partial charge in [-0.2, -0.15) is 0 Å².